The molecule has 2 atom stereocenters. The number of ether oxygens (including phenoxy) is 2. The zero-order chi connectivity index (χ0) is 35.8. The lowest BCUT2D eigenvalue weighted by molar-refractivity contribution is -0.172. The maximum Gasteiger partial charge on any atom is 0.437 e. The highest BCUT2D eigenvalue weighted by Gasteiger charge is 2.50. The van der Waals surface area contributed by atoms with Gasteiger partial charge in [-0.15, -0.1) is 14.5 Å². The molecule has 0 saturated carbocycles. The first-order chi connectivity index (χ1) is 23.2. The SMILES string of the molecule is CCCCN(OS(=O)(=O)ON1C(=O)N2C[C@@H]1CC[C@H]2c1nnc(COC2CN(C(=O)OC(C)(C)C)C2)o1)C(CCC)(CCCC)CCCC. The maximum absolute atomic E-state index is 13.6. The minimum atomic E-state index is -4.62. The van der Waals surface area contributed by atoms with Gasteiger partial charge in [0.25, 0.3) is 0 Å². The molecule has 3 saturated heterocycles. The van der Waals surface area contributed by atoms with Crippen molar-refractivity contribution in [2.24, 2.45) is 0 Å². The van der Waals surface area contributed by atoms with E-state index in [0.29, 0.717) is 32.5 Å². The van der Waals surface area contributed by atoms with Crippen LogP contribution in [0.4, 0.5) is 9.59 Å². The van der Waals surface area contributed by atoms with Crippen LogP contribution in [0.3, 0.4) is 0 Å². The molecule has 49 heavy (non-hydrogen) atoms. The highest BCUT2D eigenvalue weighted by atomic mass is 32.3. The van der Waals surface area contributed by atoms with E-state index in [2.05, 4.69) is 37.9 Å². The first-order valence-electron chi connectivity index (χ1n) is 18.2. The van der Waals surface area contributed by atoms with Gasteiger partial charge in [0.1, 0.15) is 18.2 Å². The number of hydrogen-bond donors (Lipinski definition) is 0. The molecular weight excluding hydrogens is 656 g/mol. The number of unbranched alkanes of at least 4 members (excludes halogenated alkanes) is 3. The third-order valence-corrected chi connectivity index (χ3v) is 10.0. The molecule has 2 bridgehead atoms. The number of carbonyl (C=O) groups excluding carboxylic acids is 2. The van der Waals surface area contributed by atoms with Crippen molar-refractivity contribution in [3.63, 3.8) is 0 Å². The van der Waals surface area contributed by atoms with Crippen LogP contribution in [0.2, 0.25) is 0 Å². The van der Waals surface area contributed by atoms with Crippen molar-refractivity contribution in [2.45, 2.75) is 161 Å². The largest absolute Gasteiger partial charge is 0.444 e. The normalized spacial score (nSPS) is 20.4. The van der Waals surface area contributed by atoms with E-state index in [-0.39, 0.29) is 37.1 Å². The van der Waals surface area contributed by atoms with E-state index in [1.54, 1.807) is 9.96 Å². The Morgan fingerprint density at radius 1 is 0.939 bits per heavy atom. The highest BCUT2D eigenvalue weighted by Crippen LogP contribution is 2.40. The average molecular weight is 715 g/mol. The predicted octanol–water partition coefficient (Wildman–Crippen LogP) is 6.28. The summed E-state index contributed by atoms with van der Waals surface area (Å²) in [7, 11) is -4.62. The van der Waals surface area contributed by atoms with Gasteiger partial charge in [0, 0.05) is 18.6 Å². The molecule has 0 unspecified atom stereocenters. The smallest absolute Gasteiger partial charge is 0.437 e. The van der Waals surface area contributed by atoms with Gasteiger partial charge >= 0.3 is 22.5 Å². The summed E-state index contributed by atoms with van der Waals surface area (Å²) >= 11 is 0. The summed E-state index contributed by atoms with van der Waals surface area (Å²) in [6, 6.07) is -1.59. The zero-order valence-corrected chi connectivity index (χ0v) is 31.3. The van der Waals surface area contributed by atoms with Crippen LogP contribution >= 0.6 is 0 Å². The van der Waals surface area contributed by atoms with Crippen molar-refractivity contribution in [2.75, 3.05) is 26.2 Å². The molecule has 3 aliphatic heterocycles. The second-order valence-corrected chi connectivity index (χ2v) is 15.7. The van der Waals surface area contributed by atoms with Crippen molar-refractivity contribution in [3.05, 3.63) is 11.8 Å². The van der Waals surface area contributed by atoms with Crippen LogP contribution in [0.1, 0.15) is 143 Å². The Labute approximate surface area is 292 Å². The van der Waals surface area contributed by atoms with Gasteiger partial charge in [-0.2, -0.15) is 22.8 Å². The number of carbonyl (C=O) groups is 2. The van der Waals surface area contributed by atoms with Crippen LogP contribution in [-0.4, -0.2) is 100 Å². The summed E-state index contributed by atoms with van der Waals surface area (Å²) in [6.45, 7) is 15.4. The van der Waals surface area contributed by atoms with Gasteiger partial charge < -0.3 is 23.7 Å². The van der Waals surface area contributed by atoms with E-state index < -0.39 is 39.7 Å². The Kier molecular flexibility index (Phi) is 13.7. The van der Waals surface area contributed by atoms with Crippen LogP contribution in [-0.2, 0) is 35.0 Å². The molecule has 3 aliphatic rings. The number of hydroxylamine groups is 4. The average Bonchev–Trinajstić information content (AvgIpc) is 3.58. The van der Waals surface area contributed by atoms with Crippen molar-refractivity contribution in [3.8, 4) is 0 Å². The molecule has 4 heterocycles. The quantitative estimate of drug-likeness (QED) is 0.140. The van der Waals surface area contributed by atoms with Crippen molar-refractivity contribution >= 4 is 22.5 Å². The molecule has 0 aliphatic carbocycles. The lowest BCUT2D eigenvalue weighted by atomic mass is 9.82. The molecule has 3 amide bonds. The molecule has 1 aromatic heterocycles. The van der Waals surface area contributed by atoms with Crippen molar-refractivity contribution < 1.29 is 40.5 Å². The van der Waals surface area contributed by atoms with E-state index in [0.717, 1.165) is 69.3 Å². The third kappa shape index (κ3) is 10.3. The topological polar surface area (TPSA) is 157 Å². The van der Waals surface area contributed by atoms with E-state index in [1.807, 2.05) is 20.8 Å². The third-order valence-electron chi connectivity index (χ3n) is 9.34. The molecule has 0 radical (unpaired) electrons. The number of likely N-dealkylation sites (tertiary alicyclic amines) is 1. The molecule has 4 rings (SSSR count). The molecule has 1 aromatic rings. The van der Waals surface area contributed by atoms with Gasteiger partial charge in [-0.3, -0.25) is 0 Å². The molecule has 15 nitrogen and oxygen atoms in total. The highest BCUT2D eigenvalue weighted by molar-refractivity contribution is 7.81. The number of hydrogen-bond acceptors (Lipinski definition) is 12. The van der Waals surface area contributed by atoms with Crippen LogP contribution in [0, 0.1) is 0 Å². The first-order valence-corrected chi connectivity index (χ1v) is 19.5. The van der Waals surface area contributed by atoms with Gasteiger partial charge in [-0.25, -0.2) is 9.59 Å². The molecule has 0 spiro atoms. The fourth-order valence-corrected chi connectivity index (χ4v) is 7.62. The molecule has 280 valence electrons. The summed E-state index contributed by atoms with van der Waals surface area (Å²) < 4.78 is 55.4. The Hall–Kier alpha value is -2.53. The number of aromatic nitrogens is 2. The van der Waals surface area contributed by atoms with Gasteiger partial charge in [0.2, 0.25) is 11.8 Å². The fourth-order valence-electron chi connectivity index (χ4n) is 6.76. The fraction of sp³-hybridized carbons (Fsp3) is 0.879. The Balaban J connectivity index is 1.36. The van der Waals surface area contributed by atoms with E-state index in [1.165, 1.54) is 4.90 Å². The van der Waals surface area contributed by atoms with E-state index >= 15 is 0 Å². The minimum Gasteiger partial charge on any atom is -0.444 e. The molecule has 16 heteroatoms. The summed E-state index contributed by atoms with van der Waals surface area (Å²) in [4.78, 5) is 28.8. The van der Waals surface area contributed by atoms with E-state index in [9.17, 15) is 18.0 Å². The van der Waals surface area contributed by atoms with Gasteiger partial charge in [0.05, 0.1) is 25.2 Å². The summed E-state index contributed by atoms with van der Waals surface area (Å²) in [5, 5.41) is 10.9. The zero-order valence-electron chi connectivity index (χ0n) is 30.5. The van der Waals surface area contributed by atoms with Crippen LogP contribution in [0.15, 0.2) is 4.42 Å². The van der Waals surface area contributed by atoms with Crippen LogP contribution in [0.25, 0.3) is 0 Å². The number of rotatable bonds is 20. The second kappa shape index (κ2) is 17.1. The monoisotopic (exact) mass is 714 g/mol. The Morgan fingerprint density at radius 2 is 1.61 bits per heavy atom. The molecule has 3 fully saturated rings. The number of urea groups is 1. The lowest BCUT2D eigenvalue weighted by Crippen LogP contribution is -2.55. The number of fused-ring (bicyclic) bond motifs is 2. The van der Waals surface area contributed by atoms with Crippen LogP contribution in [0.5, 0.6) is 0 Å². The van der Waals surface area contributed by atoms with Crippen molar-refractivity contribution in [1.29, 1.82) is 0 Å². The summed E-state index contributed by atoms with van der Waals surface area (Å²) in [5.41, 5.74) is -1.01. The second-order valence-electron chi connectivity index (χ2n) is 14.6. The molecule has 0 aromatic carbocycles. The minimum absolute atomic E-state index is 0.0541. The van der Waals surface area contributed by atoms with Gasteiger partial charge in [-0.05, 0) is 59.3 Å². The summed E-state index contributed by atoms with van der Waals surface area (Å²) in [6.07, 6.45) is 9.27. The molecular formula is C33H58N6O9S. The maximum atomic E-state index is 13.6. The van der Waals surface area contributed by atoms with Gasteiger partial charge in [0.15, 0.2) is 0 Å². The first kappa shape index (κ1) is 39.3. The lowest BCUT2D eigenvalue weighted by Gasteiger charge is -2.43. The Morgan fingerprint density at radius 3 is 2.22 bits per heavy atom. The van der Waals surface area contributed by atoms with Crippen molar-refractivity contribution in [1.82, 2.24) is 30.1 Å². The number of amides is 3. The van der Waals surface area contributed by atoms with Crippen LogP contribution < -0.4 is 0 Å². The Bertz CT molecular complexity index is 1320. The summed E-state index contributed by atoms with van der Waals surface area (Å²) in [5.74, 6) is 0.495. The standard InChI is InChI=1S/C33H58N6O9S/c1-8-12-18-33(17-11-4,19-13-9-2)38(20-14-10-3)47-49(42,43)48-39-25-15-16-27(37(21-25)30(39)40)29-35-34-28(45-29)24-44-26-22-36(23-26)31(41)46-32(5,6)7/h25-27H,8-24H2,1-7H3/t25-,27-/m0/s1. The van der Waals surface area contributed by atoms with E-state index in [4.69, 9.17) is 22.5 Å². The number of nitrogens with zero attached hydrogens (tertiary/aromatic N) is 6. The predicted molar refractivity (Wildman–Crippen MR) is 180 cm³/mol. The number of piperidine rings is 1. The van der Waals surface area contributed by atoms with Gasteiger partial charge in [-0.1, -0.05) is 66.2 Å². The molecule has 0 N–H and O–H groups in total.